The van der Waals surface area contributed by atoms with Crippen LogP contribution in [0, 0.1) is 18.6 Å². The zero-order chi connectivity index (χ0) is 15.9. The van der Waals surface area contributed by atoms with Crippen LogP contribution in [0.15, 0.2) is 30.3 Å². The molecule has 0 spiro atoms. The maximum Gasteiger partial charge on any atom is 0.136 e. The Morgan fingerprint density at radius 3 is 2.55 bits per heavy atom. The van der Waals surface area contributed by atoms with E-state index < -0.39 is 11.6 Å². The van der Waals surface area contributed by atoms with Crippen molar-refractivity contribution in [2.45, 2.75) is 19.9 Å². The monoisotopic (exact) mass is 302 g/mol. The average Bonchev–Trinajstić information content (AvgIpc) is 2.72. The fraction of sp³-hybridized carbons (Fsp3) is 0.333. The van der Waals surface area contributed by atoms with E-state index in [1.165, 1.54) is 6.07 Å². The lowest BCUT2D eigenvalue weighted by Crippen LogP contribution is -2.15. The van der Waals surface area contributed by atoms with Gasteiger partial charge in [0.1, 0.15) is 11.6 Å². The van der Waals surface area contributed by atoms with E-state index in [9.17, 15) is 8.78 Å². The Kier molecular flexibility index (Phi) is 3.87. The Balaban J connectivity index is 2.22. The molecule has 116 valence electrons. The Bertz CT molecular complexity index is 834. The van der Waals surface area contributed by atoms with Gasteiger partial charge in [-0.3, -0.25) is 0 Å². The zero-order valence-corrected chi connectivity index (χ0v) is 13.2. The van der Waals surface area contributed by atoms with Gasteiger partial charge in [-0.1, -0.05) is 11.6 Å². The standard InChI is InChI=1S/C18H20F2N2/c1-12-5-6-16-14(9-12)18-15(20)10-13(19)11-17(18)22(16)8-4-7-21(2)3/h5-6,9-11H,4,7-8H2,1-3H3. The lowest BCUT2D eigenvalue weighted by Gasteiger charge is -2.11. The van der Waals surface area contributed by atoms with E-state index in [0.717, 1.165) is 42.0 Å². The van der Waals surface area contributed by atoms with E-state index >= 15 is 0 Å². The maximum atomic E-state index is 14.3. The van der Waals surface area contributed by atoms with Crippen LogP contribution in [0.2, 0.25) is 0 Å². The highest BCUT2D eigenvalue weighted by Gasteiger charge is 2.15. The molecule has 2 aromatic carbocycles. The topological polar surface area (TPSA) is 8.17 Å². The summed E-state index contributed by atoms with van der Waals surface area (Å²) in [6, 6.07) is 8.38. The van der Waals surface area contributed by atoms with Crippen LogP contribution in [0.3, 0.4) is 0 Å². The summed E-state index contributed by atoms with van der Waals surface area (Å²) in [5.74, 6) is -1.02. The third kappa shape index (κ3) is 2.59. The Morgan fingerprint density at radius 1 is 1.05 bits per heavy atom. The van der Waals surface area contributed by atoms with E-state index in [-0.39, 0.29) is 0 Å². The van der Waals surface area contributed by atoms with Crippen LogP contribution in [0.1, 0.15) is 12.0 Å². The summed E-state index contributed by atoms with van der Waals surface area (Å²) in [7, 11) is 4.04. The number of hydrogen-bond acceptors (Lipinski definition) is 1. The fourth-order valence-corrected chi connectivity index (χ4v) is 3.04. The van der Waals surface area contributed by atoms with Crippen molar-refractivity contribution < 1.29 is 8.78 Å². The summed E-state index contributed by atoms with van der Waals surface area (Å²) in [6.07, 6.45) is 0.928. The van der Waals surface area contributed by atoms with Gasteiger partial charge in [0.2, 0.25) is 0 Å². The number of nitrogens with zero attached hydrogens (tertiary/aromatic N) is 2. The molecule has 4 heteroatoms. The number of rotatable bonds is 4. The maximum absolute atomic E-state index is 14.3. The van der Waals surface area contributed by atoms with Crippen molar-refractivity contribution >= 4 is 21.8 Å². The molecule has 1 aromatic heterocycles. The average molecular weight is 302 g/mol. The fourth-order valence-electron chi connectivity index (χ4n) is 3.04. The number of aryl methyl sites for hydroxylation is 2. The van der Waals surface area contributed by atoms with Crippen LogP contribution in [-0.4, -0.2) is 30.1 Å². The molecule has 0 amide bonds. The number of fused-ring (bicyclic) bond motifs is 3. The summed E-state index contributed by atoms with van der Waals surface area (Å²) in [4.78, 5) is 2.11. The van der Waals surface area contributed by atoms with Gasteiger partial charge in [0, 0.05) is 28.9 Å². The molecule has 0 unspecified atom stereocenters. The molecule has 0 aliphatic heterocycles. The van der Waals surface area contributed by atoms with Crippen LogP contribution in [-0.2, 0) is 6.54 Å². The lowest BCUT2D eigenvalue weighted by molar-refractivity contribution is 0.389. The first-order valence-electron chi connectivity index (χ1n) is 7.49. The molecular weight excluding hydrogens is 282 g/mol. The van der Waals surface area contributed by atoms with Gasteiger partial charge in [-0.05, 0) is 52.2 Å². The first kappa shape index (κ1) is 15.0. The normalized spacial score (nSPS) is 11.9. The minimum absolute atomic E-state index is 0.489. The lowest BCUT2D eigenvalue weighted by atomic mass is 10.1. The molecule has 0 aliphatic carbocycles. The summed E-state index contributed by atoms with van der Waals surface area (Å²) in [5, 5.41) is 1.38. The first-order chi connectivity index (χ1) is 10.5. The van der Waals surface area contributed by atoms with Crippen molar-refractivity contribution in [1.29, 1.82) is 0 Å². The van der Waals surface area contributed by atoms with Gasteiger partial charge in [0.05, 0.1) is 5.52 Å². The molecule has 0 saturated carbocycles. The number of benzene rings is 2. The van der Waals surface area contributed by atoms with Crippen molar-refractivity contribution in [2.75, 3.05) is 20.6 Å². The predicted octanol–water partition coefficient (Wildman–Crippen LogP) is 4.33. The van der Waals surface area contributed by atoms with Gasteiger partial charge in [-0.15, -0.1) is 0 Å². The second-order valence-electron chi connectivity index (χ2n) is 6.11. The van der Waals surface area contributed by atoms with Gasteiger partial charge < -0.3 is 9.47 Å². The largest absolute Gasteiger partial charge is 0.340 e. The molecule has 2 nitrogen and oxygen atoms in total. The van der Waals surface area contributed by atoms with Crippen LogP contribution < -0.4 is 0 Å². The Hall–Kier alpha value is -1.94. The van der Waals surface area contributed by atoms with Gasteiger partial charge in [0.25, 0.3) is 0 Å². The third-order valence-corrected chi connectivity index (χ3v) is 4.02. The molecule has 0 atom stereocenters. The third-order valence-electron chi connectivity index (χ3n) is 4.02. The highest BCUT2D eigenvalue weighted by molar-refractivity contribution is 6.08. The van der Waals surface area contributed by atoms with Crippen molar-refractivity contribution in [3.8, 4) is 0 Å². The number of aromatic nitrogens is 1. The second kappa shape index (κ2) is 5.69. The van der Waals surface area contributed by atoms with Crippen molar-refractivity contribution in [3.63, 3.8) is 0 Å². The molecule has 3 rings (SSSR count). The molecule has 22 heavy (non-hydrogen) atoms. The van der Waals surface area contributed by atoms with Crippen LogP contribution in [0.25, 0.3) is 21.8 Å². The minimum Gasteiger partial charge on any atom is -0.340 e. The number of hydrogen-bond donors (Lipinski definition) is 0. The zero-order valence-electron chi connectivity index (χ0n) is 13.2. The van der Waals surface area contributed by atoms with E-state index in [2.05, 4.69) is 4.90 Å². The van der Waals surface area contributed by atoms with Gasteiger partial charge in [-0.25, -0.2) is 8.78 Å². The SMILES string of the molecule is Cc1ccc2c(c1)c1c(F)cc(F)cc1n2CCCN(C)C. The van der Waals surface area contributed by atoms with Gasteiger partial charge >= 0.3 is 0 Å². The van der Waals surface area contributed by atoms with Gasteiger partial charge in [0.15, 0.2) is 0 Å². The van der Waals surface area contributed by atoms with E-state index in [0.29, 0.717) is 10.9 Å². The minimum atomic E-state index is -0.529. The molecule has 0 N–H and O–H groups in total. The molecule has 1 heterocycles. The van der Waals surface area contributed by atoms with Crippen molar-refractivity contribution in [1.82, 2.24) is 9.47 Å². The van der Waals surface area contributed by atoms with Crippen LogP contribution in [0.4, 0.5) is 8.78 Å². The summed E-state index contributed by atoms with van der Waals surface area (Å²) >= 11 is 0. The van der Waals surface area contributed by atoms with Crippen molar-refractivity contribution in [3.05, 3.63) is 47.5 Å². The predicted molar refractivity (Wildman–Crippen MR) is 87.3 cm³/mol. The molecule has 0 bridgehead atoms. The smallest absolute Gasteiger partial charge is 0.136 e. The van der Waals surface area contributed by atoms with E-state index in [4.69, 9.17) is 0 Å². The quantitative estimate of drug-likeness (QED) is 0.696. The summed E-state index contributed by atoms with van der Waals surface area (Å²) in [5.41, 5.74) is 2.67. The Labute approximate surface area is 128 Å². The van der Waals surface area contributed by atoms with Crippen LogP contribution >= 0.6 is 0 Å². The molecule has 0 saturated heterocycles. The number of halogens is 2. The second-order valence-corrected chi connectivity index (χ2v) is 6.11. The van der Waals surface area contributed by atoms with E-state index in [1.807, 2.05) is 43.8 Å². The highest BCUT2D eigenvalue weighted by atomic mass is 19.1. The molecular formula is C18H20F2N2. The molecule has 0 radical (unpaired) electrons. The molecule has 3 aromatic rings. The highest BCUT2D eigenvalue weighted by Crippen LogP contribution is 2.32. The van der Waals surface area contributed by atoms with Gasteiger partial charge in [-0.2, -0.15) is 0 Å². The summed E-state index contributed by atoms with van der Waals surface area (Å²) < 4.78 is 30.0. The summed E-state index contributed by atoms with van der Waals surface area (Å²) in [6.45, 7) is 3.66. The Morgan fingerprint density at radius 2 is 1.82 bits per heavy atom. The van der Waals surface area contributed by atoms with E-state index in [1.54, 1.807) is 0 Å². The molecule has 0 aliphatic rings. The van der Waals surface area contributed by atoms with Crippen LogP contribution in [0.5, 0.6) is 0 Å². The van der Waals surface area contributed by atoms with Crippen molar-refractivity contribution in [2.24, 2.45) is 0 Å². The first-order valence-corrected chi connectivity index (χ1v) is 7.49. The molecule has 0 fully saturated rings.